The van der Waals surface area contributed by atoms with Gasteiger partial charge in [0, 0.05) is 26.4 Å². The SMILES string of the molecule is CCCCOCCCOCCCCOS(=O)(=O)c1ccc(C)cc1. The summed E-state index contributed by atoms with van der Waals surface area (Å²) in [5.74, 6) is 0. The second kappa shape index (κ2) is 12.4. The molecule has 138 valence electrons. The Balaban J connectivity index is 2.01. The Labute approximate surface area is 146 Å². The topological polar surface area (TPSA) is 61.8 Å². The maximum absolute atomic E-state index is 12.0. The standard InChI is InChI=1S/C18H30O5S/c1-3-4-12-21-14-7-15-22-13-5-6-16-23-24(19,20)18-10-8-17(2)9-11-18/h8-11H,3-7,12-16H2,1-2H3. The molecule has 0 amide bonds. The summed E-state index contributed by atoms with van der Waals surface area (Å²) >= 11 is 0. The molecule has 0 spiro atoms. The van der Waals surface area contributed by atoms with Gasteiger partial charge in [-0.15, -0.1) is 0 Å². The maximum Gasteiger partial charge on any atom is 0.296 e. The zero-order valence-electron chi connectivity index (χ0n) is 14.8. The van der Waals surface area contributed by atoms with Crippen molar-refractivity contribution in [2.24, 2.45) is 0 Å². The monoisotopic (exact) mass is 358 g/mol. The number of benzene rings is 1. The summed E-state index contributed by atoms with van der Waals surface area (Å²) in [6, 6.07) is 6.65. The summed E-state index contributed by atoms with van der Waals surface area (Å²) in [6.07, 6.45) is 4.57. The highest BCUT2D eigenvalue weighted by molar-refractivity contribution is 7.86. The zero-order valence-corrected chi connectivity index (χ0v) is 15.6. The second-order valence-corrected chi connectivity index (χ2v) is 7.34. The minimum Gasteiger partial charge on any atom is -0.381 e. The van der Waals surface area contributed by atoms with Crippen LogP contribution in [0.1, 0.15) is 44.6 Å². The molecule has 0 unspecified atom stereocenters. The molecule has 0 saturated carbocycles. The highest BCUT2D eigenvalue weighted by Gasteiger charge is 2.14. The van der Waals surface area contributed by atoms with E-state index in [1.54, 1.807) is 24.3 Å². The lowest BCUT2D eigenvalue weighted by atomic mass is 10.2. The first-order valence-corrected chi connectivity index (χ1v) is 10.1. The first kappa shape index (κ1) is 21.1. The van der Waals surface area contributed by atoms with Gasteiger partial charge in [0.05, 0.1) is 11.5 Å². The van der Waals surface area contributed by atoms with Crippen LogP contribution in [0.25, 0.3) is 0 Å². The second-order valence-electron chi connectivity index (χ2n) is 5.73. The molecule has 0 aliphatic rings. The Bertz CT molecular complexity index is 525. The van der Waals surface area contributed by atoms with Gasteiger partial charge in [0.2, 0.25) is 0 Å². The number of ether oxygens (including phenoxy) is 2. The van der Waals surface area contributed by atoms with Gasteiger partial charge in [-0.2, -0.15) is 8.42 Å². The molecule has 1 rings (SSSR count). The number of hydrogen-bond donors (Lipinski definition) is 0. The average Bonchev–Trinajstić information content (AvgIpc) is 2.56. The third-order valence-corrected chi connectivity index (χ3v) is 4.78. The molecule has 1 aromatic rings. The molecule has 5 nitrogen and oxygen atoms in total. The Morgan fingerprint density at radius 2 is 1.33 bits per heavy atom. The van der Waals surface area contributed by atoms with Crippen molar-refractivity contribution in [2.45, 2.75) is 50.8 Å². The molecule has 0 atom stereocenters. The molecule has 0 aliphatic carbocycles. The molecule has 0 N–H and O–H groups in total. The molecule has 0 bridgehead atoms. The molecule has 0 saturated heterocycles. The number of rotatable bonds is 14. The van der Waals surface area contributed by atoms with E-state index in [0.717, 1.165) is 44.5 Å². The van der Waals surface area contributed by atoms with Crippen LogP contribution in [-0.2, 0) is 23.8 Å². The third-order valence-electron chi connectivity index (χ3n) is 3.45. The van der Waals surface area contributed by atoms with Crippen molar-refractivity contribution < 1.29 is 22.1 Å². The zero-order chi connectivity index (χ0) is 17.7. The van der Waals surface area contributed by atoms with Crippen LogP contribution in [0.2, 0.25) is 0 Å². The predicted molar refractivity (Wildman–Crippen MR) is 94.7 cm³/mol. The van der Waals surface area contributed by atoms with Gasteiger partial charge < -0.3 is 9.47 Å². The summed E-state index contributed by atoms with van der Waals surface area (Å²) in [6.45, 7) is 7.08. The fraction of sp³-hybridized carbons (Fsp3) is 0.667. The molecular formula is C18H30O5S. The summed E-state index contributed by atoms with van der Waals surface area (Å²) in [5.41, 5.74) is 1.02. The normalized spacial score (nSPS) is 11.8. The van der Waals surface area contributed by atoms with Gasteiger partial charge in [-0.05, 0) is 44.7 Å². The van der Waals surface area contributed by atoms with Crippen LogP contribution in [0.15, 0.2) is 29.2 Å². The Morgan fingerprint density at radius 3 is 1.96 bits per heavy atom. The summed E-state index contributed by atoms with van der Waals surface area (Å²) in [5, 5.41) is 0. The van der Waals surface area contributed by atoms with Gasteiger partial charge in [-0.3, -0.25) is 4.18 Å². The molecule has 6 heteroatoms. The van der Waals surface area contributed by atoms with E-state index < -0.39 is 10.1 Å². The minimum atomic E-state index is -3.65. The van der Waals surface area contributed by atoms with Gasteiger partial charge in [0.15, 0.2) is 0 Å². The molecule has 24 heavy (non-hydrogen) atoms. The molecule has 0 aliphatic heterocycles. The lowest BCUT2D eigenvalue weighted by Gasteiger charge is -2.07. The van der Waals surface area contributed by atoms with Crippen LogP contribution in [0.3, 0.4) is 0 Å². The highest BCUT2D eigenvalue weighted by atomic mass is 32.2. The van der Waals surface area contributed by atoms with Crippen molar-refractivity contribution in [3.63, 3.8) is 0 Å². The highest BCUT2D eigenvalue weighted by Crippen LogP contribution is 2.13. The Morgan fingerprint density at radius 1 is 0.792 bits per heavy atom. The van der Waals surface area contributed by atoms with Crippen molar-refractivity contribution in [1.82, 2.24) is 0 Å². The largest absolute Gasteiger partial charge is 0.381 e. The Hall–Kier alpha value is -0.950. The summed E-state index contributed by atoms with van der Waals surface area (Å²) < 4.78 is 39.9. The van der Waals surface area contributed by atoms with Gasteiger partial charge in [-0.1, -0.05) is 31.0 Å². The minimum absolute atomic E-state index is 0.180. The molecule has 0 heterocycles. The van der Waals surface area contributed by atoms with Gasteiger partial charge >= 0.3 is 0 Å². The smallest absolute Gasteiger partial charge is 0.296 e. The number of aryl methyl sites for hydroxylation is 1. The lowest BCUT2D eigenvalue weighted by Crippen LogP contribution is -2.08. The van der Waals surface area contributed by atoms with E-state index in [0.29, 0.717) is 19.6 Å². The average molecular weight is 359 g/mol. The van der Waals surface area contributed by atoms with E-state index in [2.05, 4.69) is 6.92 Å². The van der Waals surface area contributed by atoms with E-state index in [1.807, 2.05) is 6.92 Å². The van der Waals surface area contributed by atoms with E-state index in [1.165, 1.54) is 0 Å². The van der Waals surface area contributed by atoms with Gasteiger partial charge in [0.1, 0.15) is 0 Å². The third kappa shape index (κ3) is 9.37. The fourth-order valence-corrected chi connectivity index (χ4v) is 2.90. The summed E-state index contributed by atoms with van der Waals surface area (Å²) in [7, 11) is -3.65. The lowest BCUT2D eigenvalue weighted by molar-refractivity contribution is 0.0790. The predicted octanol–water partition coefficient (Wildman–Crippen LogP) is 3.70. The molecule has 0 radical (unpaired) electrons. The molecular weight excluding hydrogens is 328 g/mol. The van der Waals surface area contributed by atoms with Crippen LogP contribution in [0, 0.1) is 6.92 Å². The fourth-order valence-electron chi connectivity index (χ4n) is 1.96. The Kier molecular flexibility index (Phi) is 10.9. The van der Waals surface area contributed by atoms with Crippen LogP contribution >= 0.6 is 0 Å². The molecule has 0 aromatic heterocycles. The van der Waals surface area contributed by atoms with E-state index >= 15 is 0 Å². The van der Waals surface area contributed by atoms with Crippen molar-refractivity contribution in [1.29, 1.82) is 0 Å². The van der Waals surface area contributed by atoms with Crippen molar-refractivity contribution in [3.8, 4) is 0 Å². The van der Waals surface area contributed by atoms with Crippen molar-refractivity contribution in [3.05, 3.63) is 29.8 Å². The van der Waals surface area contributed by atoms with E-state index in [-0.39, 0.29) is 11.5 Å². The van der Waals surface area contributed by atoms with E-state index in [9.17, 15) is 8.42 Å². The maximum atomic E-state index is 12.0. The van der Waals surface area contributed by atoms with Crippen molar-refractivity contribution in [2.75, 3.05) is 33.0 Å². The van der Waals surface area contributed by atoms with Crippen molar-refractivity contribution >= 4 is 10.1 Å². The van der Waals surface area contributed by atoms with Crippen LogP contribution in [0.4, 0.5) is 0 Å². The number of unbranched alkanes of at least 4 members (excludes halogenated alkanes) is 2. The van der Waals surface area contributed by atoms with E-state index in [4.69, 9.17) is 13.7 Å². The summed E-state index contributed by atoms with van der Waals surface area (Å²) in [4.78, 5) is 0.201. The first-order valence-electron chi connectivity index (χ1n) is 8.68. The molecule has 0 fully saturated rings. The quantitative estimate of drug-likeness (QED) is 0.375. The van der Waals surface area contributed by atoms with Crippen LogP contribution < -0.4 is 0 Å². The molecule has 1 aromatic carbocycles. The van der Waals surface area contributed by atoms with Crippen LogP contribution in [0.5, 0.6) is 0 Å². The van der Waals surface area contributed by atoms with Gasteiger partial charge in [0.25, 0.3) is 10.1 Å². The number of hydrogen-bond acceptors (Lipinski definition) is 5. The van der Waals surface area contributed by atoms with Gasteiger partial charge in [-0.25, -0.2) is 0 Å². The van der Waals surface area contributed by atoms with Crippen LogP contribution in [-0.4, -0.2) is 41.5 Å². The first-order chi connectivity index (χ1) is 11.6.